The van der Waals surface area contributed by atoms with Gasteiger partial charge in [0.05, 0.1) is 23.8 Å². The first-order valence-corrected chi connectivity index (χ1v) is 9.96. The summed E-state index contributed by atoms with van der Waals surface area (Å²) in [5.74, 6) is -0.980. The summed E-state index contributed by atoms with van der Waals surface area (Å²) < 4.78 is 29.2. The number of nitrogens with one attached hydrogen (secondary N) is 1. The molecule has 3 aromatic rings. The van der Waals surface area contributed by atoms with Crippen LogP contribution in [0.4, 0.5) is 0 Å². The Kier molecular flexibility index (Phi) is 5.16. The topological polar surface area (TPSA) is 101 Å². The standard InChI is InChI=1S/C16H17N3O4S2/c20-15(21)10-12-6-7-16(24-12)25(22,23)18-8-3-9-19-11-17-13-4-1-2-5-14(13)19/h1-2,4-7,11,18H,3,8-10H2,(H,20,21). The lowest BCUT2D eigenvalue weighted by atomic mass is 10.3. The molecule has 0 aliphatic heterocycles. The Labute approximate surface area is 149 Å². The number of aryl methyl sites for hydroxylation is 1. The van der Waals surface area contributed by atoms with Gasteiger partial charge in [0.2, 0.25) is 10.0 Å². The minimum atomic E-state index is -3.61. The number of benzene rings is 1. The Morgan fingerprint density at radius 3 is 2.84 bits per heavy atom. The van der Waals surface area contributed by atoms with Gasteiger partial charge in [0, 0.05) is 18.0 Å². The third-order valence-corrected chi connectivity index (χ3v) is 6.66. The number of thiophene rings is 1. The minimum absolute atomic E-state index is 0.136. The third kappa shape index (κ3) is 4.25. The molecule has 2 N–H and O–H groups in total. The molecular weight excluding hydrogens is 362 g/mol. The monoisotopic (exact) mass is 379 g/mol. The Morgan fingerprint density at radius 1 is 1.24 bits per heavy atom. The highest BCUT2D eigenvalue weighted by atomic mass is 32.2. The first-order chi connectivity index (χ1) is 12.0. The largest absolute Gasteiger partial charge is 0.481 e. The fourth-order valence-corrected chi connectivity index (χ4v) is 4.93. The van der Waals surface area contributed by atoms with Gasteiger partial charge in [-0.25, -0.2) is 18.1 Å². The molecule has 3 rings (SSSR count). The number of aromatic nitrogens is 2. The van der Waals surface area contributed by atoms with E-state index in [0.717, 1.165) is 22.4 Å². The molecule has 0 fully saturated rings. The van der Waals surface area contributed by atoms with E-state index in [1.807, 2.05) is 28.8 Å². The Balaban J connectivity index is 1.55. The summed E-state index contributed by atoms with van der Waals surface area (Å²) in [4.78, 5) is 15.5. The van der Waals surface area contributed by atoms with Crippen LogP contribution in [0.2, 0.25) is 0 Å². The molecule has 0 amide bonds. The van der Waals surface area contributed by atoms with Gasteiger partial charge >= 0.3 is 5.97 Å². The predicted octanol–water partition coefficient (Wildman–Crippen LogP) is 2.09. The Morgan fingerprint density at radius 2 is 2.04 bits per heavy atom. The molecule has 25 heavy (non-hydrogen) atoms. The molecule has 0 unspecified atom stereocenters. The molecule has 0 saturated carbocycles. The van der Waals surface area contributed by atoms with Crippen molar-refractivity contribution in [3.8, 4) is 0 Å². The first-order valence-electron chi connectivity index (χ1n) is 7.66. The summed E-state index contributed by atoms with van der Waals surface area (Å²) >= 11 is 0.979. The number of imidazole rings is 1. The molecule has 0 bridgehead atoms. The van der Waals surface area contributed by atoms with Crippen LogP contribution in [-0.4, -0.2) is 35.6 Å². The van der Waals surface area contributed by atoms with Gasteiger partial charge in [-0.2, -0.15) is 0 Å². The van der Waals surface area contributed by atoms with Crippen molar-refractivity contribution in [1.82, 2.24) is 14.3 Å². The van der Waals surface area contributed by atoms with Crippen molar-refractivity contribution < 1.29 is 18.3 Å². The van der Waals surface area contributed by atoms with Gasteiger partial charge in [0.1, 0.15) is 4.21 Å². The van der Waals surface area contributed by atoms with Crippen LogP contribution < -0.4 is 4.72 Å². The van der Waals surface area contributed by atoms with Crippen molar-refractivity contribution in [2.75, 3.05) is 6.54 Å². The lowest BCUT2D eigenvalue weighted by Crippen LogP contribution is -2.24. The molecule has 0 spiro atoms. The lowest BCUT2D eigenvalue weighted by molar-refractivity contribution is -0.136. The number of carboxylic acids is 1. The maximum atomic E-state index is 12.2. The number of carboxylic acid groups (broad SMARTS) is 1. The molecule has 132 valence electrons. The zero-order valence-electron chi connectivity index (χ0n) is 13.3. The number of carbonyl (C=O) groups is 1. The van der Waals surface area contributed by atoms with Gasteiger partial charge < -0.3 is 9.67 Å². The van der Waals surface area contributed by atoms with E-state index in [-0.39, 0.29) is 10.6 Å². The average Bonchev–Trinajstić information content (AvgIpc) is 3.19. The van der Waals surface area contributed by atoms with Crippen LogP contribution in [-0.2, 0) is 27.8 Å². The van der Waals surface area contributed by atoms with Gasteiger partial charge in [0.15, 0.2) is 0 Å². The number of para-hydroxylation sites is 2. The fraction of sp³-hybridized carbons (Fsp3) is 0.250. The number of rotatable bonds is 8. The van der Waals surface area contributed by atoms with E-state index >= 15 is 0 Å². The van der Waals surface area contributed by atoms with E-state index in [4.69, 9.17) is 5.11 Å². The van der Waals surface area contributed by atoms with Crippen LogP contribution in [0.5, 0.6) is 0 Å². The van der Waals surface area contributed by atoms with Crippen LogP contribution in [0.1, 0.15) is 11.3 Å². The SMILES string of the molecule is O=C(O)Cc1ccc(S(=O)(=O)NCCCn2cnc3ccccc32)s1. The molecular formula is C16H17N3O4S2. The van der Waals surface area contributed by atoms with Crippen LogP contribution in [0.25, 0.3) is 11.0 Å². The molecule has 1 aromatic carbocycles. The predicted molar refractivity (Wildman–Crippen MR) is 95.2 cm³/mol. The Bertz CT molecular complexity index is 992. The molecule has 2 aromatic heterocycles. The number of aliphatic carboxylic acids is 1. The molecule has 0 aliphatic rings. The van der Waals surface area contributed by atoms with Crippen LogP contribution >= 0.6 is 11.3 Å². The summed E-state index contributed by atoms with van der Waals surface area (Å²) in [5.41, 5.74) is 1.93. The van der Waals surface area contributed by atoms with E-state index in [1.54, 1.807) is 6.33 Å². The highest BCUT2D eigenvalue weighted by molar-refractivity contribution is 7.91. The van der Waals surface area contributed by atoms with Crippen LogP contribution in [0.3, 0.4) is 0 Å². The van der Waals surface area contributed by atoms with E-state index < -0.39 is 16.0 Å². The molecule has 0 saturated heterocycles. The van der Waals surface area contributed by atoms with Crippen molar-refractivity contribution in [3.05, 3.63) is 47.6 Å². The van der Waals surface area contributed by atoms with Gasteiger partial charge in [-0.15, -0.1) is 11.3 Å². The highest BCUT2D eigenvalue weighted by Crippen LogP contribution is 2.22. The molecule has 0 atom stereocenters. The van der Waals surface area contributed by atoms with E-state index in [1.165, 1.54) is 12.1 Å². The van der Waals surface area contributed by atoms with E-state index in [2.05, 4.69) is 9.71 Å². The van der Waals surface area contributed by atoms with Crippen molar-refractivity contribution >= 4 is 38.4 Å². The summed E-state index contributed by atoms with van der Waals surface area (Å²) in [6, 6.07) is 10.7. The fourth-order valence-electron chi connectivity index (χ4n) is 2.46. The van der Waals surface area contributed by atoms with Crippen LogP contribution in [0.15, 0.2) is 46.9 Å². The maximum absolute atomic E-state index is 12.2. The second kappa shape index (κ2) is 7.34. The van der Waals surface area contributed by atoms with Gasteiger partial charge in [-0.05, 0) is 30.7 Å². The average molecular weight is 379 g/mol. The van der Waals surface area contributed by atoms with E-state index in [0.29, 0.717) is 24.4 Å². The number of nitrogens with zero attached hydrogens (tertiary/aromatic N) is 2. The maximum Gasteiger partial charge on any atom is 0.308 e. The second-order valence-corrected chi connectivity index (χ2v) is 8.63. The molecule has 0 radical (unpaired) electrons. The summed E-state index contributed by atoms with van der Waals surface area (Å²) in [6.45, 7) is 0.943. The van der Waals surface area contributed by atoms with Gasteiger partial charge in [0.25, 0.3) is 0 Å². The quantitative estimate of drug-likeness (QED) is 0.584. The summed E-state index contributed by atoms with van der Waals surface area (Å²) in [5, 5.41) is 8.75. The lowest BCUT2D eigenvalue weighted by Gasteiger charge is -2.06. The second-order valence-electron chi connectivity index (χ2n) is 5.47. The van der Waals surface area contributed by atoms with Gasteiger partial charge in [-0.3, -0.25) is 4.79 Å². The van der Waals surface area contributed by atoms with Crippen molar-refractivity contribution in [2.45, 2.75) is 23.6 Å². The van der Waals surface area contributed by atoms with Crippen molar-refractivity contribution in [3.63, 3.8) is 0 Å². The first kappa shape index (κ1) is 17.6. The van der Waals surface area contributed by atoms with Crippen molar-refractivity contribution in [1.29, 1.82) is 0 Å². The number of hydrogen-bond acceptors (Lipinski definition) is 5. The van der Waals surface area contributed by atoms with E-state index in [9.17, 15) is 13.2 Å². The molecule has 7 nitrogen and oxygen atoms in total. The Hall–Kier alpha value is -2.23. The smallest absolute Gasteiger partial charge is 0.308 e. The zero-order chi connectivity index (χ0) is 17.9. The molecule has 0 aliphatic carbocycles. The van der Waals surface area contributed by atoms with Gasteiger partial charge in [-0.1, -0.05) is 12.1 Å². The number of sulfonamides is 1. The van der Waals surface area contributed by atoms with Crippen LogP contribution in [0, 0.1) is 0 Å². The zero-order valence-corrected chi connectivity index (χ0v) is 14.9. The normalized spacial score (nSPS) is 11.8. The highest BCUT2D eigenvalue weighted by Gasteiger charge is 2.17. The molecule has 2 heterocycles. The molecule has 9 heteroatoms. The number of hydrogen-bond donors (Lipinski definition) is 2. The van der Waals surface area contributed by atoms with Crippen molar-refractivity contribution in [2.24, 2.45) is 0 Å². The third-order valence-electron chi connectivity index (χ3n) is 3.62. The minimum Gasteiger partial charge on any atom is -0.481 e. The summed E-state index contributed by atoms with van der Waals surface area (Å²) in [6.07, 6.45) is 2.19. The number of fused-ring (bicyclic) bond motifs is 1. The summed E-state index contributed by atoms with van der Waals surface area (Å²) in [7, 11) is -3.61.